The normalized spacial score (nSPS) is 17.0. The summed E-state index contributed by atoms with van der Waals surface area (Å²) in [5.41, 5.74) is 5.60. The highest BCUT2D eigenvalue weighted by Crippen LogP contribution is 2.31. The van der Waals surface area contributed by atoms with Crippen LogP contribution < -0.4 is 14.4 Å². The number of hydrogen-bond acceptors (Lipinski definition) is 2. The molecule has 22 heavy (non-hydrogen) atoms. The van der Waals surface area contributed by atoms with Crippen LogP contribution >= 0.6 is 0 Å². The minimum absolute atomic E-state index is 0.832. The van der Waals surface area contributed by atoms with E-state index in [2.05, 4.69) is 43.3 Å². The summed E-state index contributed by atoms with van der Waals surface area (Å²) in [6.45, 7) is 5.49. The molecule has 1 aliphatic rings. The molecule has 3 heteroatoms. The van der Waals surface area contributed by atoms with Gasteiger partial charge in [0.2, 0.25) is 0 Å². The van der Waals surface area contributed by atoms with E-state index in [4.69, 9.17) is 9.47 Å². The van der Waals surface area contributed by atoms with Crippen molar-refractivity contribution < 1.29 is 14.4 Å². The first-order valence-corrected chi connectivity index (χ1v) is 7.83. The molecule has 1 unspecified atom stereocenters. The second-order valence-electron chi connectivity index (χ2n) is 6.01. The van der Waals surface area contributed by atoms with E-state index >= 15 is 0 Å². The molecule has 0 aliphatic carbocycles. The highest BCUT2D eigenvalue weighted by atomic mass is 16.5. The van der Waals surface area contributed by atoms with Crippen LogP contribution in [0.25, 0.3) is 0 Å². The van der Waals surface area contributed by atoms with Gasteiger partial charge in [-0.25, -0.2) is 0 Å². The second kappa shape index (κ2) is 6.41. The Morgan fingerprint density at radius 3 is 2.36 bits per heavy atom. The molecule has 0 fully saturated rings. The zero-order chi connectivity index (χ0) is 15.5. The van der Waals surface area contributed by atoms with Crippen LogP contribution in [0.1, 0.15) is 22.3 Å². The first-order chi connectivity index (χ1) is 10.7. The fourth-order valence-corrected chi connectivity index (χ4v) is 3.26. The van der Waals surface area contributed by atoms with Crippen molar-refractivity contribution in [3.8, 4) is 11.5 Å². The van der Waals surface area contributed by atoms with Crippen molar-refractivity contribution in [3.05, 3.63) is 58.7 Å². The smallest absolute Gasteiger partial charge is 0.161 e. The lowest BCUT2D eigenvalue weighted by Gasteiger charge is -2.27. The zero-order valence-corrected chi connectivity index (χ0v) is 13.6. The zero-order valence-electron chi connectivity index (χ0n) is 13.6. The molecular weight excluding hydrogens is 274 g/mol. The molecule has 1 N–H and O–H groups in total. The molecule has 1 aliphatic heterocycles. The molecule has 0 aromatic heterocycles. The molecule has 0 bridgehead atoms. The Bertz CT molecular complexity index is 666. The van der Waals surface area contributed by atoms with E-state index in [1.807, 2.05) is 0 Å². The van der Waals surface area contributed by atoms with Gasteiger partial charge in [-0.3, -0.25) is 0 Å². The number of nitrogens with one attached hydrogen (secondary N) is 1. The number of fused-ring (bicyclic) bond motifs is 1. The SMILES string of the molecule is COc1cc2c(cc1OC)C[NH+](Cc1ccccc1C)CC2. The number of rotatable bonds is 4. The summed E-state index contributed by atoms with van der Waals surface area (Å²) in [6.07, 6.45) is 1.09. The lowest BCUT2D eigenvalue weighted by atomic mass is 9.98. The van der Waals surface area contributed by atoms with Crippen molar-refractivity contribution in [2.45, 2.75) is 26.4 Å². The summed E-state index contributed by atoms with van der Waals surface area (Å²) in [5, 5.41) is 0. The third-order valence-corrected chi connectivity index (χ3v) is 4.60. The highest BCUT2D eigenvalue weighted by molar-refractivity contribution is 5.47. The van der Waals surface area contributed by atoms with Crippen molar-refractivity contribution in [2.24, 2.45) is 0 Å². The summed E-state index contributed by atoms with van der Waals surface area (Å²) in [7, 11) is 3.40. The lowest BCUT2D eigenvalue weighted by Crippen LogP contribution is -3.10. The van der Waals surface area contributed by atoms with Gasteiger partial charge in [0.1, 0.15) is 13.1 Å². The fourth-order valence-electron chi connectivity index (χ4n) is 3.26. The van der Waals surface area contributed by atoms with Crippen LogP contribution in [0, 0.1) is 6.92 Å². The standard InChI is InChI=1S/C19H23NO2/c1-14-6-4-5-7-16(14)12-20-9-8-15-10-18(21-2)19(22-3)11-17(15)13-20/h4-7,10-11H,8-9,12-13H2,1-3H3/p+1. The fraction of sp³-hybridized carbons (Fsp3) is 0.368. The predicted octanol–water partition coefficient (Wildman–Crippen LogP) is 2.15. The maximum atomic E-state index is 5.44. The van der Waals surface area contributed by atoms with Gasteiger partial charge < -0.3 is 14.4 Å². The van der Waals surface area contributed by atoms with Gasteiger partial charge >= 0.3 is 0 Å². The Hall–Kier alpha value is -2.00. The minimum Gasteiger partial charge on any atom is -0.493 e. The van der Waals surface area contributed by atoms with Crippen molar-refractivity contribution >= 4 is 0 Å². The van der Waals surface area contributed by atoms with Gasteiger partial charge in [-0.05, 0) is 30.2 Å². The molecule has 0 spiro atoms. The van der Waals surface area contributed by atoms with Gasteiger partial charge in [0.15, 0.2) is 11.5 Å². The summed E-state index contributed by atoms with van der Waals surface area (Å²) < 4.78 is 10.8. The van der Waals surface area contributed by atoms with E-state index in [9.17, 15) is 0 Å². The monoisotopic (exact) mass is 298 g/mol. The van der Waals surface area contributed by atoms with Crippen LogP contribution in [-0.4, -0.2) is 20.8 Å². The van der Waals surface area contributed by atoms with E-state index in [1.165, 1.54) is 22.3 Å². The van der Waals surface area contributed by atoms with Gasteiger partial charge in [-0.1, -0.05) is 24.3 Å². The summed E-state index contributed by atoms with van der Waals surface area (Å²) >= 11 is 0. The molecule has 116 valence electrons. The van der Waals surface area contributed by atoms with Gasteiger partial charge in [-0.15, -0.1) is 0 Å². The van der Waals surface area contributed by atoms with Crippen LogP contribution in [0.2, 0.25) is 0 Å². The number of ether oxygens (including phenoxy) is 2. The van der Waals surface area contributed by atoms with Gasteiger partial charge in [0.25, 0.3) is 0 Å². The second-order valence-corrected chi connectivity index (χ2v) is 6.01. The van der Waals surface area contributed by atoms with Crippen LogP contribution in [0.5, 0.6) is 11.5 Å². The van der Waals surface area contributed by atoms with Crippen molar-refractivity contribution in [1.29, 1.82) is 0 Å². The van der Waals surface area contributed by atoms with Gasteiger partial charge in [0.05, 0.1) is 20.8 Å². The molecule has 2 aromatic carbocycles. The number of hydrogen-bond donors (Lipinski definition) is 1. The van der Waals surface area contributed by atoms with E-state index in [0.29, 0.717) is 0 Å². The molecular formula is C19H24NO2+. The first-order valence-electron chi connectivity index (χ1n) is 7.83. The van der Waals surface area contributed by atoms with Crippen LogP contribution in [0.3, 0.4) is 0 Å². The summed E-state index contributed by atoms with van der Waals surface area (Å²) in [5.74, 6) is 1.67. The van der Waals surface area contributed by atoms with E-state index in [-0.39, 0.29) is 0 Å². The average Bonchev–Trinajstić information content (AvgIpc) is 2.55. The topological polar surface area (TPSA) is 22.9 Å². The van der Waals surface area contributed by atoms with E-state index in [0.717, 1.165) is 37.6 Å². The quantitative estimate of drug-likeness (QED) is 0.935. The van der Waals surface area contributed by atoms with Crippen molar-refractivity contribution in [3.63, 3.8) is 0 Å². The minimum atomic E-state index is 0.832. The van der Waals surface area contributed by atoms with Crippen LogP contribution in [0.15, 0.2) is 36.4 Å². The molecule has 0 saturated heterocycles. The van der Waals surface area contributed by atoms with Gasteiger partial charge in [-0.2, -0.15) is 0 Å². The highest BCUT2D eigenvalue weighted by Gasteiger charge is 2.22. The molecule has 3 nitrogen and oxygen atoms in total. The van der Waals surface area contributed by atoms with E-state index in [1.54, 1.807) is 19.1 Å². The Morgan fingerprint density at radius 2 is 1.68 bits per heavy atom. The first kappa shape index (κ1) is 14.9. The Labute approximate surface area is 132 Å². The Morgan fingerprint density at radius 1 is 1.00 bits per heavy atom. The number of benzene rings is 2. The number of methoxy groups -OCH3 is 2. The molecule has 0 radical (unpaired) electrons. The molecule has 2 aromatic rings. The molecule has 1 atom stereocenters. The average molecular weight is 298 g/mol. The Balaban J connectivity index is 1.80. The van der Waals surface area contributed by atoms with Gasteiger partial charge in [0, 0.05) is 17.5 Å². The van der Waals surface area contributed by atoms with Crippen molar-refractivity contribution in [2.75, 3.05) is 20.8 Å². The molecule has 1 heterocycles. The lowest BCUT2D eigenvalue weighted by molar-refractivity contribution is -0.929. The number of quaternary nitrogens is 1. The summed E-state index contributed by atoms with van der Waals surface area (Å²) in [4.78, 5) is 1.61. The molecule has 0 saturated carbocycles. The summed E-state index contributed by atoms with van der Waals surface area (Å²) in [6, 6.07) is 13.0. The van der Waals surface area contributed by atoms with E-state index < -0.39 is 0 Å². The Kier molecular flexibility index (Phi) is 4.34. The third kappa shape index (κ3) is 2.95. The molecule has 0 amide bonds. The predicted molar refractivity (Wildman–Crippen MR) is 87.7 cm³/mol. The van der Waals surface area contributed by atoms with Crippen molar-refractivity contribution in [1.82, 2.24) is 0 Å². The largest absolute Gasteiger partial charge is 0.493 e. The molecule has 3 rings (SSSR count). The third-order valence-electron chi connectivity index (χ3n) is 4.60. The number of aryl methyl sites for hydroxylation is 1. The maximum absolute atomic E-state index is 5.44. The van der Waals surface area contributed by atoms with Crippen LogP contribution in [-0.2, 0) is 19.5 Å². The maximum Gasteiger partial charge on any atom is 0.161 e. The van der Waals surface area contributed by atoms with Crippen LogP contribution in [0.4, 0.5) is 0 Å².